The molecule has 7 heteroatoms. The fourth-order valence-corrected chi connectivity index (χ4v) is 2.61. The fourth-order valence-electron chi connectivity index (χ4n) is 1.83. The Labute approximate surface area is 113 Å². The van der Waals surface area contributed by atoms with Crippen molar-refractivity contribution in [1.29, 1.82) is 0 Å². The van der Waals surface area contributed by atoms with Crippen LogP contribution in [0.5, 0.6) is 0 Å². The van der Waals surface area contributed by atoms with Crippen molar-refractivity contribution in [3.63, 3.8) is 0 Å². The molecule has 0 saturated heterocycles. The topological polar surface area (TPSA) is 29.9 Å². The van der Waals surface area contributed by atoms with Gasteiger partial charge in [-0.3, -0.25) is 4.68 Å². The van der Waals surface area contributed by atoms with Gasteiger partial charge in [0.15, 0.2) is 0 Å². The maximum atomic E-state index is 12.4. The Morgan fingerprint density at radius 2 is 2.06 bits per heavy atom. The highest BCUT2D eigenvalue weighted by molar-refractivity contribution is 9.10. The van der Waals surface area contributed by atoms with Gasteiger partial charge < -0.3 is 5.32 Å². The highest BCUT2D eigenvalue weighted by Crippen LogP contribution is 2.26. The van der Waals surface area contributed by atoms with E-state index in [0.29, 0.717) is 6.42 Å². The summed E-state index contributed by atoms with van der Waals surface area (Å²) in [5.74, 6) is 0. The van der Waals surface area contributed by atoms with Gasteiger partial charge in [-0.25, -0.2) is 0 Å². The van der Waals surface area contributed by atoms with Crippen LogP contribution in [-0.4, -0.2) is 29.0 Å². The van der Waals surface area contributed by atoms with Gasteiger partial charge in [-0.1, -0.05) is 6.92 Å². The van der Waals surface area contributed by atoms with E-state index in [-0.39, 0.29) is 0 Å². The van der Waals surface area contributed by atoms with Crippen molar-refractivity contribution in [2.24, 2.45) is 7.05 Å². The van der Waals surface area contributed by atoms with E-state index in [1.807, 2.05) is 6.92 Å². The minimum absolute atomic E-state index is 0.292. The first-order chi connectivity index (χ1) is 8.28. The first kappa shape index (κ1) is 15.5. The van der Waals surface area contributed by atoms with Gasteiger partial charge >= 0.3 is 6.18 Å². The second-order valence-electron chi connectivity index (χ2n) is 4.19. The van der Waals surface area contributed by atoms with Crippen LogP contribution < -0.4 is 5.32 Å². The first-order valence-corrected chi connectivity index (χ1v) is 6.52. The summed E-state index contributed by atoms with van der Waals surface area (Å²) >= 11 is 3.41. The lowest BCUT2D eigenvalue weighted by atomic mass is 10.1. The minimum Gasteiger partial charge on any atom is -0.316 e. The Balaban J connectivity index is 2.85. The first-order valence-electron chi connectivity index (χ1n) is 5.72. The van der Waals surface area contributed by atoms with Crippen LogP contribution >= 0.6 is 15.9 Å². The van der Waals surface area contributed by atoms with Gasteiger partial charge in [0.25, 0.3) is 0 Å². The molecule has 3 nitrogen and oxygen atoms in total. The molecular formula is C11H17BrF3N3. The predicted molar refractivity (Wildman–Crippen MR) is 67.5 cm³/mol. The van der Waals surface area contributed by atoms with Gasteiger partial charge in [-0.15, -0.1) is 0 Å². The molecule has 0 radical (unpaired) electrons. The summed E-state index contributed by atoms with van der Waals surface area (Å²) in [4.78, 5) is 0. The van der Waals surface area contributed by atoms with Crippen LogP contribution in [0.3, 0.4) is 0 Å². The number of alkyl halides is 3. The normalized spacial score (nSPS) is 13.9. The van der Waals surface area contributed by atoms with Crippen molar-refractivity contribution in [3.05, 3.63) is 15.9 Å². The molecule has 0 aliphatic rings. The Morgan fingerprint density at radius 3 is 2.44 bits per heavy atom. The van der Waals surface area contributed by atoms with Gasteiger partial charge in [0.1, 0.15) is 0 Å². The zero-order valence-electron chi connectivity index (χ0n) is 10.6. The average Bonchev–Trinajstić information content (AvgIpc) is 2.53. The Morgan fingerprint density at radius 1 is 1.44 bits per heavy atom. The molecule has 0 spiro atoms. The Hall–Kier alpha value is -0.560. The lowest BCUT2D eigenvalue weighted by Crippen LogP contribution is -2.33. The van der Waals surface area contributed by atoms with Crippen LogP contribution in [0.2, 0.25) is 0 Å². The predicted octanol–water partition coefficient (Wildman–Crippen LogP) is 2.83. The van der Waals surface area contributed by atoms with Crippen molar-refractivity contribution >= 4 is 15.9 Å². The maximum absolute atomic E-state index is 12.4. The Kier molecular flexibility index (Phi) is 5.21. The highest BCUT2D eigenvalue weighted by atomic mass is 79.9. The molecule has 0 aliphatic carbocycles. The van der Waals surface area contributed by atoms with Gasteiger partial charge in [0.05, 0.1) is 22.3 Å². The molecule has 0 fully saturated rings. The van der Waals surface area contributed by atoms with E-state index >= 15 is 0 Å². The largest absolute Gasteiger partial charge is 0.390 e. The summed E-state index contributed by atoms with van der Waals surface area (Å²) in [6, 6.07) is -0.638. The van der Waals surface area contributed by atoms with E-state index in [0.717, 1.165) is 22.3 Å². The SMILES string of the molecule is CCc1nn(C)c(CC(CC(F)(F)F)NC)c1Br. The van der Waals surface area contributed by atoms with Crippen LogP contribution in [0.4, 0.5) is 13.2 Å². The van der Waals surface area contributed by atoms with Crippen molar-refractivity contribution in [1.82, 2.24) is 15.1 Å². The second kappa shape index (κ2) is 6.06. The minimum atomic E-state index is -4.16. The van der Waals surface area contributed by atoms with E-state index in [9.17, 15) is 13.2 Å². The number of halogens is 4. The summed E-state index contributed by atoms with van der Waals surface area (Å²) in [6.07, 6.45) is -3.97. The van der Waals surface area contributed by atoms with E-state index < -0.39 is 18.6 Å². The molecule has 0 saturated carbocycles. The lowest BCUT2D eigenvalue weighted by molar-refractivity contribution is -0.139. The lowest BCUT2D eigenvalue weighted by Gasteiger charge is -2.18. The molecule has 1 rings (SSSR count). The maximum Gasteiger partial charge on any atom is 0.390 e. The average molecular weight is 328 g/mol. The Bertz CT molecular complexity index is 401. The van der Waals surface area contributed by atoms with Crippen LogP contribution in [0, 0.1) is 0 Å². The van der Waals surface area contributed by atoms with Crippen molar-refractivity contribution < 1.29 is 13.2 Å². The molecule has 1 N–H and O–H groups in total. The molecule has 18 heavy (non-hydrogen) atoms. The van der Waals surface area contributed by atoms with E-state index in [1.165, 1.54) is 0 Å². The molecule has 1 heterocycles. The number of rotatable bonds is 5. The number of hydrogen-bond donors (Lipinski definition) is 1. The van der Waals surface area contributed by atoms with Crippen molar-refractivity contribution in [2.45, 2.75) is 38.4 Å². The van der Waals surface area contributed by atoms with Crippen molar-refractivity contribution in [2.75, 3.05) is 7.05 Å². The number of aryl methyl sites for hydroxylation is 2. The van der Waals surface area contributed by atoms with Crippen LogP contribution in [0.1, 0.15) is 24.7 Å². The van der Waals surface area contributed by atoms with Crippen molar-refractivity contribution in [3.8, 4) is 0 Å². The summed E-state index contributed by atoms with van der Waals surface area (Å²) < 4.78 is 39.6. The number of nitrogens with one attached hydrogen (secondary N) is 1. The van der Waals surface area contributed by atoms with Gasteiger partial charge in [0, 0.05) is 19.5 Å². The molecule has 1 unspecified atom stereocenters. The molecule has 0 bridgehead atoms. The summed E-state index contributed by atoms with van der Waals surface area (Å²) in [5.41, 5.74) is 1.66. The van der Waals surface area contributed by atoms with Gasteiger partial charge in [-0.2, -0.15) is 18.3 Å². The monoisotopic (exact) mass is 327 g/mol. The number of likely N-dealkylation sites (N-methyl/N-ethyl adjacent to an activating group) is 1. The van der Waals surface area contributed by atoms with Gasteiger partial charge in [0.2, 0.25) is 0 Å². The van der Waals surface area contributed by atoms with Crippen LogP contribution in [-0.2, 0) is 19.9 Å². The third kappa shape index (κ3) is 3.98. The number of nitrogens with zero attached hydrogens (tertiary/aromatic N) is 2. The number of aromatic nitrogens is 2. The smallest absolute Gasteiger partial charge is 0.316 e. The van der Waals surface area contributed by atoms with E-state index in [2.05, 4.69) is 26.3 Å². The third-order valence-corrected chi connectivity index (χ3v) is 3.74. The zero-order valence-corrected chi connectivity index (χ0v) is 12.2. The standard InChI is InChI=1S/C11H17BrF3N3/c1-4-8-10(12)9(18(3)17-8)5-7(16-2)6-11(13,14)15/h7,16H,4-6H2,1-3H3. The van der Waals surface area contributed by atoms with Crippen LogP contribution in [0.15, 0.2) is 4.47 Å². The number of hydrogen-bond acceptors (Lipinski definition) is 2. The highest BCUT2D eigenvalue weighted by Gasteiger charge is 2.32. The molecule has 104 valence electrons. The molecule has 1 atom stereocenters. The van der Waals surface area contributed by atoms with E-state index in [1.54, 1.807) is 18.8 Å². The summed E-state index contributed by atoms with van der Waals surface area (Å²) in [6.45, 7) is 1.96. The molecule has 1 aromatic rings. The van der Waals surface area contributed by atoms with Crippen LogP contribution in [0.25, 0.3) is 0 Å². The molecule has 0 amide bonds. The van der Waals surface area contributed by atoms with Gasteiger partial charge in [-0.05, 0) is 29.4 Å². The molecular weight excluding hydrogens is 311 g/mol. The molecule has 1 aromatic heterocycles. The van der Waals surface area contributed by atoms with E-state index in [4.69, 9.17) is 0 Å². The summed E-state index contributed by atoms with van der Waals surface area (Å²) in [7, 11) is 3.29. The summed E-state index contributed by atoms with van der Waals surface area (Å²) in [5, 5.41) is 6.98. The quantitative estimate of drug-likeness (QED) is 0.901. The molecule has 0 aliphatic heterocycles. The third-order valence-electron chi connectivity index (χ3n) is 2.83. The molecule has 0 aromatic carbocycles. The second-order valence-corrected chi connectivity index (χ2v) is 4.99. The fraction of sp³-hybridized carbons (Fsp3) is 0.727. The zero-order chi connectivity index (χ0) is 13.9.